The van der Waals surface area contributed by atoms with Crippen LogP contribution in [0.4, 0.5) is 0 Å². The summed E-state index contributed by atoms with van der Waals surface area (Å²) in [6.45, 7) is -0.895. The van der Waals surface area contributed by atoms with Crippen LogP contribution in [0.5, 0.6) is 0 Å². The van der Waals surface area contributed by atoms with Crippen LogP contribution in [0.3, 0.4) is 0 Å². The van der Waals surface area contributed by atoms with Crippen molar-refractivity contribution in [3.63, 3.8) is 0 Å². The van der Waals surface area contributed by atoms with E-state index in [1.54, 1.807) is 0 Å². The Balaban J connectivity index is 1.36. The molecule has 238 valence electrons. The lowest BCUT2D eigenvalue weighted by Crippen LogP contribution is -2.62. The van der Waals surface area contributed by atoms with Crippen molar-refractivity contribution >= 4 is 0 Å². The predicted molar refractivity (Wildman–Crippen MR) is 133 cm³/mol. The van der Waals surface area contributed by atoms with Crippen molar-refractivity contribution in [3.05, 3.63) is 0 Å². The van der Waals surface area contributed by atoms with E-state index in [1.165, 1.54) is 0 Å². The van der Waals surface area contributed by atoms with Gasteiger partial charge in [-0.2, -0.15) is 0 Å². The summed E-state index contributed by atoms with van der Waals surface area (Å²) >= 11 is 0. The summed E-state index contributed by atoms with van der Waals surface area (Å²) in [6, 6.07) is 0. The van der Waals surface area contributed by atoms with Crippen LogP contribution in [0.1, 0.15) is 38.5 Å². The molecule has 15 heteroatoms. The van der Waals surface area contributed by atoms with Crippen molar-refractivity contribution in [1.29, 1.82) is 0 Å². The highest BCUT2D eigenvalue weighted by Crippen LogP contribution is 2.44. The first kappa shape index (κ1) is 31.8. The predicted octanol–water partition coefficient (Wildman–Crippen LogP) is -4.55. The van der Waals surface area contributed by atoms with E-state index >= 15 is 0 Å². The van der Waals surface area contributed by atoms with Gasteiger partial charge in [0.1, 0.15) is 42.7 Å². The van der Waals surface area contributed by atoms with E-state index in [9.17, 15) is 51.1 Å². The molecule has 5 aliphatic rings. The molecule has 2 aliphatic carbocycles. The molecule has 41 heavy (non-hydrogen) atoms. The second-order valence-corrected chi connectivity index (χ2v) is 12.2. The van der Waals surface area contributed by atoms with Crippen LogP contribution < -0.4 is 0 Å². The van der Waals surface area contributed by atoms with E-state index < -0.39 is 111 Å². The first-order chi connectivity index (χ1) is 19.5. The average molecular weight is 597 g/mol. The first-order valence-electron chi connectivity index (χ1n) is 14.4. The van der Waals surface area contributed by atoms with Gasteiger partial charge in [0.2, 0.25) is 0 Å². The van der Waals surface area contributed by atoms with Crippen LogP contribution in [-0.2, 0) is 23.7 Å². The Kier molecular flexibility index (Phi) is 10.2. The van der Waals surface area contributed by atoms with Gasteiger partial charge in [0.15, 0.2) is 12.6 Å². The second-order valence-electron chi connectivity index (χ2n) is 12.2. The van der Waals surface area contributed by atoms with Crippen molar-refractivity contribution in [3.8, 4) is 0 Å². The van der Waals surface area contributed by atoms with E-state index in [4.69, 9.17) is 23.7 Å². The van der Waals surface area contributed by atoms with Crippen LogP contribution in [0, 0.1) is 11.8 Å². The molecule has 18 unspecified atom stereocenters. The van der Waals surface area contributed by atoms with Crippen LogP contribution >= 0.6 is 0 Å². The van der Waals surface area contributed by atoms with Crippen LogP contribution in [0.15, 0.2) is 0 Å². The molecule has 10 N–H and O–H groups in total. The lowest BCUT2D eigenvalue weighted by Gasteiger charge is -2.52. The Bertz CT molecular complexity index is 850. The second kappa shape index (κ2) is 13.2. The van der Waals surface area contributed by atoms with Gasteiger partial charge in [-0.1, -0.05) is 0 Å². The van der Waals surface area contributed by atoms with Gasteiger partial charge < -0.3 is 74.7 Å². The summed E-state index contributed by atoms with van der Waals surface area (Å²) < 4.78 is 29.8. The highest BCUT2D eigenvalue weighted by Gasteiger charge is 2.53. The molecule has 18 atom stereocenters. The summed E-state index contributed by atoms with van der Waals surface area (Å²) in [6.07, 6.45) is -16.8. The number of rotatable bonds is 6. The number of fused-ring (bicyclic) bond motifs is 1. The Labute approximate surface area is 236 Å². The summed E-state index contributed by atoms with van der Waals surface area (Å²) in [5.74, 6) is -0.693. The maximum atomic E-state index is 10.7. The van der Waals surface area contributed by atoms with Crippen molar-refractivity contribution < 1.29 is 74.7 Å². The van der Waals surface area contributed by atoms with Gasteiger partial charge in [-0.3, -0.25) is 0 Å². The van der Waals surface area contributed by atoms with Crippen molar-refractivity contribution in [1.82, 2.24) is 0 Å². The molecule has 5 rings (SSSR count). The number of ether oxygens (including phenoxy) is 5. The maximum absolute atomic E-state index is 10.7. The fourth-order valence-corrected chi connectivity index (χ4v) is 6.96. The standard InChI is InChI=1S/C26H44O15/c27-7-18-20(33)21(34)23(36)26(41-18)39-16-5-10(28)4-15-11(16)6-17(40-25-22(35)19(32)14(31)8-37-25)24(38-15)9-1-2-12(29)13(30)3-9/h9-36H,1-8H2. The van der Waals surface area contributed by atoms with E-state index in [0.29, 0.717) is 12.8 Å². The first-order valence-corrected chi connectivity index (χ1v) is 14.4. The summed E-state index contributed by atoms with van der Waals surface area (Å²) in [4.78, 5) is 0. The Hall–Kier alpha value is -0.600. The van der Waals surface area contributed by atoms with Gasteiger partial charge in [-0.25, -0.2) is 0 Å². The van der Waals surface area contributed by atoms with E-state index in [0.717, 1.165) is 0 Å². The van der Waals surface area contributed by atoms with E-state index in [2.05, 4.69) is 0 Å². The fraction of sp³-hybridized carbons (Fsp3) is 1.00. The molecule has 2 saturated carbocycles. The molecule has 0 aromatic heterocycles. The molecule has 0 aromatic carbocycles. The molecular formula is C26H44O15. The minimum absolute atomic E-state index is 0.124. The molecule has 0 radical (unpaired) electrons. The Morgan fingerprint density at radius 1 is 0.610 bits per heavy atom. The summed E-state index contributed by atoms with van der Waals surface area (Å²) in [5, 5.41) is 102. The van der Waals surface area contributed by atoms with Crippen molar-refractivity contribution in [2.24, 2.45) is 11.8 Å². The minimum Gasteiger partial charge on any atom is -0.394 e. The number of hydrogen-bond donors (Lipinski definition) is 10. The third-order valence-corrected chi connectivity index (χ3v) is 9.37. The zero-order chi connectivity index (χ0) is 29.6. The zero-order valence-corrected chi connectivity index (χ0v) is 22.6. The molecule has 0 amide bonds. The minimum atomic E-state index is -1.64. The quantitative estimate of drug-likeness (QED) is 0.139. The largest absolute Gasteiger partial charge is 0.394 e. The molecule has 3 heterocycles. The van der Waals surface area contributed by atoms with Gasteiger partial charge >= 0.3 is 0 Å². The Morgan fingerprint density at radius 2 is 1.32 bits per heavy atom. The lowest BCUT2D eigenvalue weighted by atomic mass is 9.72. The van der Waals surface area contributed by atoms with Crippen LogP contribution in [0.25, 0.3) is 0 Å². The monoisotopic (exact) mass is 596 g/mol. The average Bonchev–Trinajstić information content (AvgIpc) is 2.95. The summed E-state index contributed by atoms with van der Waals surface area (Å²) in [5.41, 5.74) is 0. The lowest BCUT2D eigenvalue weighted by molar-refractivity contribution is -0.337. The van der Waals surface area contributed by atoms with E-state index in [1.807, 2.05) is 0 Å². The van der Waals surface area contributed by atoms with Gasteiger partial charge in [0.25, 0.3) is 0 Å². The van der Waals surface area contributed by atoms with Crippen molar-refractivity contribution in [2.75, 3.05) is 13.2 Å². The SMILES string of the molecule is OCC1OC(OC2CC(O)CC3OC(C4CCC(O)C(O)C4)C(OC4OCC(O)C(O)C4O)CC23)C(O)C(O)C1O. The smallest absolute Gasteiger partial charge is 0.186 e. The fourth-order valence-electron chi connectivity index (χ4n) is 6.96. The third-order valence-electron chi connectivity index (χ3n) is 9.37. The van der Waals surface area contributed by atoms with E-state index in [-0.39, 0.29) is 38.2 Å². The molecule has 3 saturated heterocycles. The normalized spacial score (nSPS) is 54.9. The highest BCUT2D eigenvalue weighted by molar-refractivity contribution is 5.00. The van der Waals surface area contributed by atoms with Crippen LogP contribution in [-0.4, -0.2) is 162 Å². The topological polar surface area (TPSA) is 248 Å². The molecule has 0 aromatic rings. The third kappa shape index (κ3) is 6.60. The number of aliphatic hydroxyl groups excluding tert-OH is 10. The zero-order valence-electron chi connectivity index (χ0n) is 22.6. The molecule has 0 bridgehead atoms. The molecule has 15 nitrogen and oxygen atoms in total. The Morgan fingerprint density at radius 3 is 2.02 bits per heavy atom. The van der Waals surface area contributed by atoms with Crippen LogP contribution in [0.2, 0.25) is 0 Å². The molecule has 5 fully saturated rings. The van der Waals surface area contributed by atoms with Gasteiger partial charge in [-0.15, -0.1) is 0 Å². The number of hydrogen-bond acceptors (Lipinski definition) is 15. The van der Waals surface area contributed by atoms with Gasteiger partial charge in [0, 0.05) is 12.3 Å². The number of aliphatic hydroxyl groups is 10. The maximum Gasteiger partial charge on any atom is 0.186 e. The molecule has 0 spiro atoms. The highest BCUT2D eigenvalue weighted by atomic mass is 16.7. The van der Waals surface area contributed by atoms with Gasteiger partial charge in [0.05, 0.1) is 55.9 Å². The molecule has 3 aliphatic heterocycles. The summed E-state index contributed by atoms with van der Waals surface area (Å²) in [7, 11) is 0. The van der Waals surface area contributed by atoms with Gasteiger partial charge in [-0.05, 0) is 38.0 Å². The van der Waals surface area contributed by atoms with Crippen molar-refractivity contribution in [2.45, 2.75) is 137 Å². The molecular weight excluding hydrogens is 552 g/mol.